The van der Waals surface area contributed by atoms with Crippen LogP contribution in [0.15, 0.2) is 54.1 Å². The van der Waals surface area contributed by atoms with Gasteiger partial charge < -0.3 is 9.84 Å². The maximum atomic E-state index is 9.60. The van der Waals surface area contributed by atoms with Crippen molar-refractivity contribution in [2.75, 3.05) is 13.7 Å². The van der Waals surface area contributed by atoms with Gasteiger partial charge in [-0.2, -0.15) is 0 Å². The fourth-order valence-corrected chi connectivity index (χ4v) is 2.72. The molecule has 0 aliphatic heterocycles. The second-order valence-electron chi connectivity index (χ2n) is 4.72. The van der Waals surface area contributed by atoms with Gasteiger partial charge in [0.25, 0.3) is 0 Å². The van der Waals surface area contributed by atoms with Crippen LogP contribution in [0.5, 0.6) is 5.75 Å². The van der Waals surface area contributed by atoms with E-state index in [-0.39, 0.29) is 12.5 Å². The Kier molecular flexibility index (Phi) is 3.10. The molecule has 0 radical (unpaired) electrons. The Bertz CT molecular complexity index is 614. The number of aliphatic hydroxyl groups is 1. The first-order valence-electron chi connectivity index (χ1n) is 6.37. The van der Waals surface area contributed by atoms with Crippen molar-refractivity contribution in [1.82, 2.24) is 0 Å². The molecule has 1 aliphatic rings. The quantitative estimate of drug-likeness (QED) is 0.908. The van der Waals surface area contributed by atoms with E-state index in [9.17, 15) is 5.11 Å². The molecule has 0 aromatic heterocycles. The monoisotopic (exact) mass is 252 g/mol. The standard InChI is InChI=1S/C17H16O2/c1-19-15-8-7-13-9-14(11-18)17(16(13)10-15)12-5-3-2-4-6-12/h2-10,17-18H,11H2,1H3. The van der Waals surface area contributed by atoms with Crippen molar-refractivity contribution in [2.45, 2.75) is 5.92 Å². The molecule has 19 heavy (non-hydrogen) atoms. The van der Waals surface area contributed by atoms with E-state index in [0.717, 1.165) is 11.3 Å². The first-order chi connectivity index (χ1) is 9.33. The second-order valence-corrected chi connectivity index (χ2v) is 4.72. The predicted octanol–water partition coefficient (Wildman–Crippen LogP) is 3.22. The topological polar surface area (TPSA) is 29.5 Å². The summed E-state index contributed by atoms with van der Waals surface area (Å²) in [6, 6.07) is 16.3. The average Bonchev–Trinajstić information content (AvgIpc) is 2.85. The van der Waals surface area contributed by atoms with Gasteiger partial charge in [-0.25, -0.2) is 0 Å². The third-order valence-electron chi connectivity index (χ3n) is 3.63. The molecule has 96 valence electrons. The van der Waals surface area contributed by atoms with Gasteiger partial charge >= 0.3 is 0 Å². The molecule has 0 saturated carbocycles. The third kappa shape index (κ3) is 2.04. The summed E-state index contributed by atoms with van der Waals surface area (Å²) in [5.41, 5.74) is 4.61. The van der Waals surface area contributed by atoms with Crippen molar-refractivity contribution in [3.63, 3.8) is 0 Å². The summed E-state index contributed by atoms with van der Waals surface area (Å²) in [6.45, 7) is 0.0799. The van der Waals surface area contributed by atoms with Crippen LogP contribution < -0.4 is 4.74 Å². The van der Waals surface area contributed by atoms with Gasteiger partial charge in [0.1, 0.15) is 5.75 Å². The van der Waals surface area contributed by atoms with Crippen LogP contribution in [-0.2, 0) is 0 Å². The number of hydrogen-bond acceptors (Lipinski definition) is 2. The van der Waals surface area contributed by atoms with Gasteiger partial charge in [-0.3, -0.25) is 0 Å². The number of fused-ring (bicyclic) bond motifs is 1. The molecule has 0 heterocycles. The summed E-state index contributed by atoms with van der Waals surface area (Å²) in [5.74, 6) is 0.989. The Morgan fingerprint density at radius 3 is 2.58 bits per heavy atom. The smallest absolute Gasteiger partial charge is 0.119 e. The van der Waals surface area contributed by atoms with E-state index >= 15 is 0 Å². The molecular weight excluding hydrogens is 236 g/mol. The number of aliphatic hydroxyl groups excluding tert-OH is 1. The van der Waals surface area contributed by atoms with Gasteiger partial charge in [0.15, 0.2) is 0 Å². The van der Waals surface area contributed by atoms with E-state index in [0.29, 0.717) is 0 Å². The number of methoxy groups -OCH3 is 1. The lowest BCUT2D eigenvalue weighted by molar-refractivity contribution is 0.327. The van der Waals surface area contributed by atoms with Gasteiger partial charge in [0.2, 0.25) is 0 Å². The highest BCUT2D eigenvalue weighted by molar-refractivity contribution is 5.70. The van der Waals surface area contributed by atoms with E-state index < -0.39 is 0 Å². The molecule has 2 heteroatoms. The largest absolute Gasteiger partial charge is 0.497 e. The van der Waals surface area contributed by atoms with E-state index in [4.69, 9.17) is 4.74 Å². The summed E-state index contributed by atoms with van der Waals surface area (Å²) >= 11 is 0. The predicted molar refractivity (Wildman–Crippen MR) is 76.3 cm³/mol. The molecule has 1 N–H and O–H groups in total. The van der Waals surface area contributed by atoms with E-state index in [1.165, 1.54) is 16.7 Å². The molecular formula is C17H16O2. The Balaban J connectivity index is 2.12. The van der Waals surface area contributed by atoms with Crippen LogP contribution in [0.1, 0.15) is 22.6 Å². The molecule has 0 saturated heterocycles. The SMILES string of the molecule is COc1ccc2c(c1)C(c1ccccc1)C(CO)=C2. The Morgan fingerprint density at radius 2 is 1.89 bits per heavy atom. The molecule has 0 amide bonds. The number of benzene rings is 2. The summed E-state index contributed by atoms with van der Waals surface area (Å²) in [6.07, 6.45) is 2.08. The van der Waals surface area contributed by atoms with Crippen molar-refractivity contribution >= 4 is 6.08 Å². The summed E-state index contributed by atoms with van der Waals surface area (Å²) < 4.78 is 5.31. The van der Waals surface area contributed by atoms with Gasteiger partial charge in [-0.15, -0.1) is 0 Å². The molecule has 1 unspecified atom stereocenters. The van der Waals surface area contributed by atoms with Crippen molar-refractivity contribution < 1.29 is 9.84 Å². The van der Waals surface area contributed by atoms with Gasteiger partial charge in [-0.1, -0.05) is 42.5 Å². The van der Waals surface area contributed by atoms with Gasteiger partial charge in [0, 0.05) is 5.92 Å². The van der Waals surface area contributed by atoms with Crippen molar-refractivity contribution in [3.8, 4) is 5.75 Å². The molecule has 2 aromatic carbocycles. The highest BCUT2D eigenvalue weighted by Crippen LogP contribution is 2.41. The minimum Gasteiger partial charge on any atom is -0.497 e. The van der Waals surface area contributed by atoms with E-state index in [1.807, 2.05) is 30.3 Å². The third-order valence-corrected chi connectivity index (χ3v) is 3.63. The maximum Gasteiger partial charge on any atom is 0.119 e. The molecule has 0 fully saturated rings. The zero-order chi connectivity index (χ0) is 13.2. The van der Waals surface area contributed by atoms with Crippen LogP contribution in [-0.4, -0.2) is 18.8 Å². The molecule has 2 nitrogen and oxygen atoms in total. The van der Waals surface area contributed by atoms with Crippen LogP contribution in [0, 0.1) is 0 Å². The second kappa shape index (κ2) is 4.90. The molecule has 3 rings (SSSR count). The Labute approximate surface area is 113 Å². The van der Waals surface area contributed by atoms with E-state index in [1.54, 1.807) is 7.11 Å². The fourth-order valence-electron chi connectivity index (χ4n) is 2.72. The zero-order valence-electron chi connectivity index (χ0n) is 10.8. The number of hydrogen-bond donors (Lipinski definition) is 1. The van der Waals surface area contributed by atoms with Crippen LogP contribution in [0.2, 0.25) is 0 Å². The molecule has 0 spiro atoms. The number of ether oxygens (including phenoxy) is 1. The average molecular weight is 252 g/mol. The zero-order valence-corrected chi connectivity index (χ0v) is 10.8. The minimum absolute atomic E-state index is 0.0799. The summed E-state index contributed by atoms with van der Waals surface area (Å²) in [7, 11) is 1.68. The molecule has 1 atom stereocenters. The molecule has 0 bridgehead atoms. The van der Waals surface area contributed by atoms with E-state index in [2.05, 4.69) is 24.3 Å². The highest BCUT2D eigenvalue weighted by atomic mass is 16.5. The minimum atomic E-state index is 0.0799. The Hall–Kier alpha value is -2.06. The lowest BCUT2D eigenvalue weighted by Gasteiger charge is -2.16. The molecule has 2 aromatic rings. The highest BCUT2D eigenvalue weighted by Gasteiger charge is 2.26. The first-order valence-corrected chi connectivity index (χ1v) is 6.37. The van der Waals surface area contributed by atoms with Crippen molar-refractivity contribution in [3.05, 3.63) is 70.8 Å². The van der Waals surface area contributed by atoms with Crippen molar-refractivity contribution in [1.29, 1.82) is 0 Å². The van der Waals surface area contributed by atoms with Gasteiger partial charge in [-0.05, 0) is 34.4 Å². The van der Waals surface area contributed by atoms with Crippen LogP contribution in [0.4, 0.5) is 0 Å². The summed E-state index contributed by atoms with van der Waals surface area (Å²) in [5, 5.41) is 9.60. The van der Waals surface area contributed by atoms with Gasteiger partial charge in [0.05, 0.1) is 13.7 Å². The maximum absolute atomic E-state index is 9.60. The number of rotatable bonds is 3. The normalized spacial score (nSPS) is 16.9. The lowest BCUT2D eigenvalue weighted by atomic mass is 9.88. The Morgan fingerprint density at radius 1 is 1.11 bits per heavy atom. The molecule has 1 aliphatic carbocycles. The summed E-state index contributed by atoms with van der Waals surface area (Å²) in [4.78, 5) is 0. The van der Waals surface area contributed by atoms with Crippen LogP contribution >= 0.6 is 0 Å². The van der Waals surface area contributed by atoms with Crippen LogP contribution in [0.3, 0.4) is 0 Å². The van der Waals surface area contributed by atoms with Crippen molar-refractivity contribution in [2.24, 2.45) is 0 Å². The van der Waals surface area contributed by atoms with Crippen LogP contribution in [0.25, 0.3) is 6.08 Å². The lowest BCUT2D eigenvalue weighted by Crippen LogP contribution is -2.04. The first kappa shape index (κ1) is 12.0. The fraction of sp³-hybridized carbons (Fsp3) is 0.176.